The van der Waals surface area contributed by atoms with E-state index in [9.17, 15) is 19.2 Å². The summed E-state index contributed by atoms with van der Waals surface area (Å²) in [6.07, 6.45) is 0.464. The molecule has 10 heteroatoms. The smallest absolute Gasteiger partial charge is 0.323 e. The predicted molar refractivity (Wildman–Crippen MR) is 178 cm³/mol. The zero-order valence-electron chi connectivity index (χ0n) is 24.7. The number of fused-ring (bicyclic) bond motifs is 2. The van der Waals surface area contributed by atoms with Gasteiger partial charge < -0.3 is 20.1 Å². The summed E-state index contributed by atoms with van der Waals surface area (Å²) in [6.45, 7) is 0.627. The van der Waals surface area contributed by atoms with Gasteiger partial charge in [0.15, 0.2) is 11.6 Å². The third-order valence-corrected chi connectivity index (χ3v) is 9.57. The largest absolute Gasteiger partial charge is 0.468 e. The van der Waals surface area contributed by atoms with Crippen molar-refractivity contribution in [2.45, 2.75) is 24.9 Å². The number of hydrogen-bond acceptors (Lipinski definition) is 10. The lowest BCUT2D eigenvalue weighted by molar-refractivity contribution is -0.143. The SMILES string of the molecule is COC(=O)C(CSSCC(NCCC(=O)c1ccc2ccccc2c1)C(=O)OC)NCCC(=O)c1ccc2ccccc2c1. The van der Waals surface area contributed by atoms with Gasteiger partial charge in [-0.2, -0.15) is 0 Å². The molecule has 2 atom stereocenters. The van der Waals surface area contributed by atoms with Crippen LogP contribution in [0.4, 0.5) is 0 Å². The van der Waals surface area contributed by atoms with Crippen LogP contribution in [0.15, 0.2) is 84.9 Å². The molecule has 230 valence electrons. The van der Waals surface area contributed by atoms with Crippen molar-refractivity contribution in [3.63, 3.8) is 0 Å². The second kappa shape index (κ2) is 17.0. The number of nitrogens with one attached hydrogen (secondary N) is 2. The molecule has 0 amide bonds. The first-order valence-electron chi connectivity index (χ1n) is 14.3. The molecule has 0 radical (unpaired) electrons. The monoisotopic (exact) mass is 632 g/mol. The zero-order valence-corrected chi connectivity index (χ0v) is 26.4. The van der Waals surface area contributed by atoms with Gasteiger partial charge in [0, 0.05) is 48.6 Å². The first-order valence-corrected chi connectivity index (χ1v) is 16.8. The number of ether oxygens (including phenoxy) is 2. The zero-order chi connectivity index (χ0) is 31.3. The maximum Gasteiger partial charge on any atom is 0.323 e. The lowest BCUT2D eigenvalue weighted by Gasteiger charge is -2.18. The number of esters is 2. The number of carbonyl (C=O) groups excluding carboxylic acids is 4. The van der Waals surface area contributed by atoms with E-state index in [0.29, 0.717) is 35.7 Å². The lowest BCUT2D eigenvalue weighted by atomic mass is 10.0. The first-order chi connectivity index (χ1) is 21.4. The summed E-state index contributed by atoms with van der Waals surface area (Å²) < 4.78 is 9.89. The van der Waals surface area contributed by atoms with E-state index >= 15 is 0 Å². The summed E-state index contributed by atoms with van der Waals surface area (Å²) in [5.41, 5.74) is 1.26. The van der Waals surface area contributed by atoms with Crippen LogP contribution >= 0.6 is 21.6 Å². The molecule has 8 nitrogen and oxygen atoms in total. The molecule has 0 saturated carbocycles. The molecule has 0 aromatic heterocycles. The molecule has 2 unspecified atom stereocenters. The van der Waals surface area contributed by atoms with E-state index < -0.39 is 24.0 Å². The Balaban J connectivity index is 1.21. The maximum absolute atomic E-state index is 12.8. The Morgan fingerprint density at radius 2 is 0.977 bits per heavy atom. The van der Waals surface area contributed by atoms with Gasteiger partial charge in [-0.05, 0) is 33.7 Å². The summed E-state index contributed by atoms with van der Waals surface area (Å²) in [6, 6.07) is 25.8. The highest BCUT2D eigenvalue weighted by Crippen LogP contribution is 2.24. The molecule has 4 aromatic rings. The van der Waals surface area contributed by atoms with E-state index in [0.717, 1.165) is 21.5 Å². The average molecular weight is 633 g/mol. The quantitative estimate of drug-likeness (QED) is 0.0672. The third-order valence-electron chi connectivity index (χ3n) is 7.15. The topological polar surface area (TPSA) is 111 Å². The summed E-state index contributed by atoms with van der Waals surface area (Å²) >= 11 is 0. The Kier molecular flexibility index (Phi) is 12.8. The highest BCUT2D eigenvalue weighted by Gasteiger charge is 2.22. The van der Waals surface area contributed by atoms with Crippen molar-refractivity contribution in [3.05, 3.63) is 96.1 Å². The first kappa shape index (κ1) is 33.2. The molecular weight excluding hydrogens is 597 g/mol. The summed E-state index contributed by atoms with van der Waals surface area (Å²) in [4.78, 5) is 50.3. The minimum absolute atomic E-state index is 0.0139. The van der Waals surface area contributed by atoms with E-state index in [4.69, 9.17) is 9.47 Å². The number of benzene rings is 4. The van der Waals surface area contributed by atoms with Crippen molar-refractivity contribution in [3.8, 4) is 0 Å². The standard InChI is InChI=1S/C34H36N2O6S2/c1-41-33(39)29(35-17-15-31(37)27-13-11-23-7-3-5-9-25(23)19-27)21-43-44-22-30(34(40)42-2)36-18-16-32(38)28-14-12-24-8-4-6-10-26(24)20-28/h3-14,19-20,29-30,35-36H,15-18,21-22H2,1-2H3. The Hall–Kier alpha value is -3.70. The van der Waals surface area contributed by atoms with Crippen LogP contribution in [0, 0.1) is 0 Å². The number of hydrogen-bond donors (Lipinski definition) is 2. The Morgan fingerprint density at radius 1 is 0.591 bits per heavy atom. The molecule has 0 aliphatic rings. The summed E-state index contributed by atoms with van der Waals surface area (Å²) in [5.74, 6) is -0.136. The van der Waals surface area contributed by atoms with Crippen LogP contribution in [0.2, 0.25) is 0 Å². The van der Waals surface area contributed by atoms with E-state index in [1.165, 1.54) is 35.8 Å². The Morgan fingerprint density at radius 3 is 1.36 bits per heavy atom. The van der Waals surface area contributed by atoms with Crippen LogP contribution in [0.3, 0.4) is 0 Å². The van der Waals surface area contributed by atoms with Gasteiger partial charge in [-0.25, -0.2) is 0 Å². The van der Waals surface area contributed by atoms with Crippen molar-refractivity contribution in [1.29, 1.82) is 0 Å². The lowest BCUT2D eigenvalue weighted by Crippen LogP contribution is -2.41. The minimum atomic E-state index is -0.619. The molecule has 0 spiro atoms. The fraction of sp³-hybridized carbons (Fsp3) is 0.294. The molecule has 0 aliphatic heterocycles. The number of ketones is 2. The molecular formula is C34H36N2O6S2. The van der Waals surface area contributed by atoms with Crippen LogP contribution in [0.25, 0.3) is 21.5 Å². The molecule has 44 heavy (non-hydrogen) atoms. The number of carbonyl (C=O) groups is 4. The molecule has 0 aliphatic carbocycles. The van der Waals surface area contributed by atoms with Crippen molar-refractivity contribution in [2.24, 2.45) is 0 Å². The van der Waals surface area contributed by atoms with Gasteiger partial charge in [-0.1, -0.05) is 94.4 Å². The van der Waals surface area contributed by atoms with Crippen LogP contribution in [0.5, 0.6) is 0 Å². The van der Waals surface area contributed by atoms with Crippen LogP contribution in [-0.2, 0) is 19.1 Å². The van der Waals surface area contributed by atoms with E-state index in [-0.39, 0.29) is 24.4 Å². The van der Waals surface area contributed by atoms with Gasteiger partial charge in [0.2, 0.25) is 0 Å². The Labute approximate surface area is 265 Å². The summed E-state index contributed by atoms with van der Waals surface area (Å²) in [7, 11) is 5.47. The van der Waals surface area contributed by atoms with Gasteiger partial charge in [0.1, 0.15) is 12.1 Å². The second-order valence-corrected chi connectivity index (χ2v) is 12.7. The van der Waals surface area contributed by atoms with Gasteiger partial charge >= 0.3 is 11.9 Å². The molecule has 0 heterocycles. The highest BCUT2D eigenvalue weighted by atomic mass is 33.1. The normalized spacial score (nSPS) is 12.5. The molecule has 0 bridgehead atoms. The van der Waals surface area contributed by atoms with Gasteiger partial charge in [0.05, 0.1) is 14.2 Å². The minimum Gasteiger partial charge on any atom is -0.468 e. The van der Waals surface area contributed by atoms with Crippen LogP contribution in [-0.4, -0.2) is 74.4 Å². The van der Waals surface area contributed by atoms with Crippen molar-refractivity contribution < 1.29 is 28.7 Å². The average Bonchev–Trinajstić information content (AvgIpc) is 3.06. The maximum atomic E-state index is 12.8. The number of Topliss-reactive ketones (excluding diaryl/α,β-unsaturated/α-hetero) is 2. The molecule has 4 aromatic carbocycles. The highest BCUT2D eigenvalue weighted by molar-refractivity contribution is 8.76. The second-order valence-electron chi connectivity index (χ2n) is 10.1. The molecule has 0 fully saturated rings. The van der Waals surface area contributed by atoms with Crippen LogP contribution < -0.4 is 10.6 Å². The van der Waals surface area contributed by atoms with E-state index in [2.05, 4.69) is 10.6 Å². The number of rotatable bonds is 17. The van der Waals surface area contributed by atoms with Gasteiger partial charge in [-0.15, -0.1) is 0 Å². The molecule has 0 saturated heterocycles. The fourth-order valence-corrected chi connectivity index (χ4v) is 7.04. The third kappa shape index (κ3) is 9.40. The predicted octanol–water partition coefficient (Wildman–Crippen LogP) is 5.48. The van der Waals surface area contributed by atoms with Crippen LogP contribution in [0.1, 0.15) is 33.6 Å². The molecule has 2 N–H and O–H groups in total. The number of methoxy groups -OCH3 is 2. The van der Waals surface area contributed by atoms with E-state index in [1.807, 2.05) is 84.9 Å². The van der Waals surface area contributed by atoms with Gasteiger partial charge in [0.25, 0.3) is 0 Å². The van der Waals surface area contributed by atoms with Crippen molar-refractivity contribution >= 4 is 66.6 Å². The van der Waals surface area contributed by atoms with Crippen molar-refractivity contribution in [2.75, 3.05) is 38.8 Å². The van der Waals surface area contributed by atoms with Crippen molar-refractivity contribution in [1.82, 2.24) is 10.6 Å². The summed E-state index contributed by atoms with van der Waals surface area (Å²) in [5, 5.41) is 10.4. The molecule has 4 rings (SSSR count). The van der Waals surface area contributed by atoms with E-state index in [1.54, 1.807) is 0 Å². The Bertz CT molecular complexity index is 1490. The van der Waals surface area contributed by atoms with Gasteiger partial charge in [-0.3, -0.25) is 19.2 Å². The fourth-order valence-electron chi connectivity index (χ4n) is 4.67.